The van der Waals surface area contributed by atoms with Gasteiger partial charge in [-0.05, 0) is 12.1 Å². The summed E-state index contributed by atoms with van der Waals surface area (Å²) in [5, 5.41) is 0. The molecule has 5 nitrogen and oxygen atoms in total. The second kappa shape index (κ2) is 4.77. The number of hydrogen-bond donors (Lipinski definition) is 1. The van der Waals surface area contributed by atoms with Crippen LogP contribution in [-0.4, -0.2) is 32.2 Å². The maximum atomic E-state index is 12.1. The number of likely N-dealkylation sites (N-methyl/N-ethyl adjacent to an activating group) is 1. The van der Waals surface area contributed by atoms with Gasteiger partial charge in [-0.2, -0.15) is 8.78 Å². The van der Waals surface area contributed by atoms with Crippen molar-refractivity contribution in [2.75, 3.05) is 18.6 Å². The molecule has 0 spiro atoms. The molecule has 0 fully saturated rings. The monoisotopic (exact) mass is 258 g/mol. The van der Waals surface area contributed by atoms with E-state index in [2.05, 4.69) is 4.74 Å². The van der Waals surface area contributed by atoms with Crippen molar-refractivity contribution in [3.05, 3.63) is 18.2 Å². The Morgan fingerprint density at radius 1 is 1.56 bits per heavy atom. The first-order valence-corrected chi connectivity index (χ1v) is 5.24. The Bertz CT molecular complexity index is 468. The van der Waals surface area contributed by atoms with Crippen molar-refractivity contribution in [2.45, 2.75) is 12.7 Å². The molecule has 0 aromatic heterocycles. The van der Waals surface area contributed by atoms with Gasteiger partial charge in [0.05, 0.1) is 5.69 Å². The van der Waals surface area contributed by atoms with E-state index in [4.69, 9.17) is 10.5 Å². The van der Waals surface area contributed by atoms with E-state index in [0.717, 1.165) is 0 Å². The molecule has 1 aromatic carbocycles. The highest BCUT2D eigenvalue weighted by Crippen LogP contribution is 2.34. The smallest absolute Gasteiger partial charge is 0.387 e. The van der Waals surface area contributed by atoms with Gasteiger partial charge in [-0.1, -0.05) is 0 Å². The van der Waals surface area contributed by atoms with Gasteiger partial charge in [-0.25, -0.2) is 0 Å². The van der Waals surface area contributed by atoms with Crippen LogP contribution in [0.5, 0.6) is 11.5 Å². The van der Waals surface area contributed by atoms with Crippen LogP contribution < -0.4 is 20.1 Å². The minimum atomic E-state index is -2.92. The van der Waals surface area contributed by atoms with Crippen molar-refractivity contribution in [3.8, 4) is 11.5 Å². The maximum absolute atomic E-state index is 12.1. The second-order valence-corrected chi connectivity index (χ2v) is 3.82. The van der Waals surface area contributed by atoms with Crippen molar-refractivity contribution in [2.24, 2.45) is 5.73 Å². The fraction of sp³-hybridized carbons (Fsp3) is 0.364. The Hall–Kier alpha value is -1.89. The van der Waals surface area contributed by atoms with E-state index in [1.807, 2.05) is 0 Å². The normalized spacial score (nSPS) is 19.3. The Morgan fingerprint density at radius 2 is 2.28 bits per heavy atom. The molecule has 7 heteroatoms. The molecule has 1 aromatic rings. The van der Waals surface area contributed by atoms with Crippen molar-refractivity contribution in [3.63, 3.8) is 0 Å². The van der Waals surface area contributed by atoms with Gasteiger partial charge in [-0.3, -0.25) is 4.79 Å². The number of ether oxygens (including phenoxy) is 2. The molecule has 18 heavy (non-hydrogen) atoms. The molecule has 0 unspecified atom stereocenters. The number of nitrogens with two attached hydrogens (primary N) is 1. The molecule has 98 valence electrons. The lowest BCUT2D eigenvalue weighted by molar-refractivity contribution is -0.119. The molecule has 0 aliphatic carbocycles. The maximum Gasteiger partial charge on any atom is 0.387 e. The molecular formula is C11H12F2N2O3. The Morgan fingerprint density at radius 3 is 2.94 bits per heavy atom. The number of halogens is 2. The van der Waals surface area contributed by atoms with Crippen molar-refractivity contribution >= 4 is 11.6 Å². The first kappa shape index (κ1) is 12.6. The summed E-state index contributed by atoms with van der Waals surface area (Å²) in [5.74, 6) is 0.0193. The Labute approximate surface area is 102 Å². The van der Waals surface area contributed by atoms with Crippen molar-refractivity contribution in [1.82, 2.24) is 0 Å². The summed E-state index contributed by atoms with van der Waals surface area (Å²) >= 11 is 0. The minimum absolute atomic E-state index is 0.0394. The summed E-state index contributed by atoms with van der Waals surface area (Å²) in [6.07, 6.45) is 0. The molecule has 0 radical (unpaired) electrons. The van der Waals surface area contributed by atoms with Crippen LogP contribution in [0, 0.1) is 0 Å². The topological polar surface area (TPSA) is 64.8 Å². The third-order valence-electron chi connectivity index (χ3n) is 2.58. The van der Waals surface area contributed by atoms with Gasteiger partial charge in [0.25, 0.3) is 0 Å². The summed E-state index contributed by atoms with van der Waals surface area (Å²) < 4.78 is 33.8. The summed E-state index contributed by atoms with van der Waals surface area (Å²) in [6, 6.07) is 3.36. The van der Waals surface area contributed by atoms with Crippen LogP contribution >= 0.6 is 0 Å². The number of hydrogen-bond acceptors (Lipinski definition) is 4. The van der Waals surface area contributed by atoms with Crippen LogP contribution in [0.2, 0.25) is 0 Å². The number of rotatable bonds is 2. The van der Waals surface area contributed by atoms with Crippen LogP contribution in [0.1, 0.15) is 0 Å². The quantitative estimate of drug-likeness (QED) is 0.858. The SMILES string of the molecule is CN1C(=O)[C@@H](N)COc2ccc(OC(F)F)cc21. The third kappa shape index (κ3) is 2.35. The van der Waals surface area contributed by atoms with Gasteiger partial charge < -0.3 is 20.1 Å². The first-order chi connectivity index (χ1) is 8.49. The molecule has 2 N–H and O–H groups in total. The van der Waals surface area contributed by atoms with Gasteiger partial charge >= 0.3 is 6.61 Å². The van der Waals surface area contributed by atoms with E-state index in [9.17, 15) is 13.6 Å². The lowest BCUT2D eigenvalue weighted by atomic mass is 10.2. The largest absolute Gasteiger partial charge is 0.489 e. The Balaban J connectivity index is 2.36. The lowest BCUT2D eigenvalue weighted by Gasteiger charge is -2.18. The standard InChI is InChI=1S/C11H12F2N2O3/c1-15-8-4-6(18-11(12)13)2-3-9(8)17-5-7(14)10(15)16/h2-4,7,11H,5,14H2,1H3/t7-/m0/s1. The van der Waals surface area contributed by atoms with Crippen molar-refractivity contribution in [1.29, 1.82) is 0 Å². The van der Waals surface area contributed by atoms with Crippen LogP contribution in [0.4, 0.5) is 14.5 Å². The van der Waals surface area contributed by atoms with E-state index in [1.165, 1.54) is 30.1 Å². The summed E-state index contributed by atoms with van der Waals surface area (Å²) in [6.45, 7) is -2.87. The van der Waals surface area contributed by atoms with Crippen LogP contribution in [0.15, 0.2) is 18.2 Å². The van der Waals surface area contributed by atoms with Crippen molar-refractivity contribution < 1.29 is 23.0 Å². The van der Waals surface area contributed by atoms with E-state index < -0.39 is 12.7 Å². The highest BCUT2D eigenvalue weighted by atomic mass is 19.3. The van der Waals surface area contributed by atoms with Gasteiger partial charge in [-0.15, -0.1) is 0 Å². The molecule has 1 atom stereocenters. The lowest BCUT2D eigenvalue weighted by Crippen LogP contribution is -2.43. The molecule has 1 aliphatic rings. The number of amides is 1. The minimum Gasteiger partial charge on any atom is -0.489 e. The fourth-order valence-electron chi connectivity index (χ4n) is 1.68. The average Bonchev–Trinajstić information content (AvgIpc) is 2.42. The summed E-state index contributed by atoms with van der Waals surface area (Å²) in [5.41, 5.74) is 5.95. The molecule has 1 heterocycles. The van der Waals surface area contributed by atoms with Gasteiger partial charge in [0.2, 0.25) is 5.91 Å². The van der Waals surface area contributed by atoms with E-state index >= 15 is 0 Å². The predicted molar refractivity (Wildman–Crippen MR) is 60.0 cm³/mol. The summed E-state index contributed by atoms with van der Waals surface area (Å²) in [4.78, 5) is 13.0. The zero-order chi connectivity index (χ0) is 13.3. The number of nitrogens with zero attached hydrogens (tertiary/aromatic N) is 1. The average molecular weight is 258 g/mol. The number of carbonyl (C=O) groups excluding carboxylic acids is 1. The van der Waals surface area contributed by atoms with Gasteiger partial charge in [0.15, 0.2) is 0 Å². The van der Waals surface area contributed by atoms with Crippen LogP contribution in [-0.2, 0) is 4.79 Å². The predicted octanol–water partition coefficient (Wildman–Crippen LogP) is 0.970. The van der Waals surface area contributed by atoms with Crippen LogP contribution in [0.3, 0.4) is 0 Å². The molecule has 1 aliphatic heterocycles. The number of anilines is 1. The van der Waals surface area contributed by atoms with Gasteiger partial charge in [0, 0.05) is 13.1 Å². The fourth-order valence-corrected chi connectivity index (χ4v) is 1.68. The molecule has 0 bridgehead atoms. The Kier molecular flexibility index (Phi) is 3.33. The highest BCUT2D eigenvalue weighted by molar-refractivity contribution is 5.98. The third-order valence-corrected chi connectivity index (χ3v) is 2.58. The van der Waals surface area contributed by atoms with E-state index in [1.54, 1.807) is 0 Å². The molecule has 0 saturated heterocycles. The molecule has 1 amide bonds. The molecular weight excluding hydrogens is 246 g/mol. The van der Waals surface area contributed by atoms with Crippen LogP contribution in [0.25, 0.3) is 0 Å². The first-order valence-electron chi connectivity index (χ1n) is 5.24. The van der Waals surface area contributed by atoms with E-state index in [0.29, 0.717) is 11.4 Å². The second-order valence-electron chi connectivity index (χ2n) is 3.82. The summed E-state index contributed by atoms with van der Waals surface area (Å²) in [7, 11) is 1.50. The number of alkyl halides is 2. The number of benzene rings is 1. The number of carbonyl (C=O) groups is 1. The van der Waals surface area contributed by atoms with Gasteiger partial charge in [0.1, 0.15) is 24.1 Å². The highest BCUT2D eigenvalue weighted by Gasteiger charge is 2.27. The number of fused-ring (bicyclic) bond motifs is 1. The zero-order valence-corrected chi connectivity index (χ0v) is 9.60. The molecule has 2 rings (SSSR count). The zero-order valence-electron chi connectivity index (χ0n) is 9.60. The molecule has 0 saturated carbocycles. The van der Waals surface area contributed by atoms with E-state index in [-0.39, 0.29) is 18.3 Å².